The number of carbonyl (C=O) groups excluding carboxylic acids is 2. The normalized spacial score (nSPS) is 26.2. The molecular formula is C19H32O2. The van der Waals surface area contributed by atoms with Crippen LogP contribution in [0.1, 0.15) is 85.5 Å². The second kappa shape index (κ2) is 8.51. The van der Waals surface area contributed by atoms with E-state index < -0.39 is 0 Å². The van der Waals surface area contributed by atoms with E-state index in [4.69, 9.17) is 0 Å². The summed E-state index contributed by atoms with van der Waals surface area (Å²) in [7, 11) is 0. The van der Waals surface area contributed by atoms with Crippen molar-refractivity contribution in [2.45, 2.75) is 85.5 Å². The van der Waals surface area contributed by atoms with Crippen LogP contribution in [0, 0.1) is 11.3 Å². The van der Waals surface area contributed by atoms with Gasteiger partial charge in [-0.25, -0.2) is 0 Å². The summed E-state index contributed by atoms with van der Waals surface area (Å²) >= 11 is 0. The van der Waals surface area contributed by atoms with Gasteiger partial charge in [-0.1, -0.05) is 32.8 Å². The number of rotatable bonds is 3. The Balaban J connectivity index is 0.000000235. The van der Waals surface area contributed by atoms with Crippen LogP contribution in [0.15, 0.2) is 11.6 Å². The minimum Gasteiger partial charge on any atom is -0.300 e. The second-order valence-electron chi connectivity index (χ2n) is 7.62. The molecule has 0 heterocycles. The molecule has 1 atom stereocenters. The van der Waals surface area contributed by atoms with Gasteiger partial charge in [0.05, 0.1) is 0 Å². The van der Waals surface area contributed by atoms with Crippen molar-refractivity contribution in [3.8, 4) is 0 Å². The van der Waals surface area contributed by atoms with Gasteiger partial charge in [0.1, 0.15) is 5.78 Å². The summed E-state index contributed by atoms with van der Waals surface area (Å²) in [6, 6.07) is 0. The average molecular weight is 292 g/mol. The van der Waals surface area contributed by atoms with Crippen LogP contribution in [0.4, 0.5) is 0 Å². The third kappa shape index (κ3) is 7.59. The summed E-state index contributed by atoms with van der Waals surface area (Å²) in [6.07, 6.45) is 11.2. The van der Waals surface area contributed by atoms with E-state index in [0.717, 1.165) is 44.4 Å². The zero-order valence-corrected chi connectivity index (χ0v) is 14.3. The minimum absolute atomic E-state index is 0.300. The van der Waals surface area contributed by atoms with Crippen LogP contribution >= 0.6 is 0 Å². The summed E-state index contributed by atoms with van der Waals surface area (Å²) < 4.78 is 0. The van der Waals surface area contributed by atoms with Gasteiger partial charge in [0.15, 0.2) is 5.78 Å². The molecule has 0 unspecified atom stereocenters. The van der Waals surface area contributed by atoms with Gasteiger partial charge in [-0.3, -0.25) is 9.59 Å². The van der Waals surface area contributed by atoms with Crippen LogP contribution in [0.5, 0.6) is 0 Å². The first-order valence-corrected chi connectivity index (χ1v) is 8.52. The van der Waals surface area contributed by atoms with Crippen molar-refractivity contribution >= 4 is 11.6 Å². The highest BCUT2D eigenvalue weighted by Gasteiger charge is 2.30. The summed E-state index contributed by atoms with van der Waals surface area (Å²) in [5.41, 5.74) is 1.57. The molecule has 0 aromatic carbocycles. The van der Waals surface area contributed by atoms with Crippen LogP contribution in [-0.2, 0) is 9.59 Å². The molecule has 0 bridgehead atoms. The molecule has 0 amide bonds. The van der Waals surface area contributed by atoms with E-state index in [1.165, 1.54) is 24.8 Å². The van der Waals surface area contributed by atoms with Gasteiger partial charge in [0.2, 0.25) is 0 Å². The first kappa shape index (κ1) is 18.1. The van der Waals surface area contributed by atoms with Gasteiger partial charge in [-0.2, -0.15) is 0 Å². The fourth-order valence-electron chi connectivity index (χ4n) is 3.18. The van der Waals surface area contributed by atoms with E-state index in [1.807, 2.05) is 6.92 Å². The van der Waals surface area contributed by atoms with E-state index in [-0.39, 0.29) is 0 Å². The molecule has 120 valence electrons. The third-order valence-electron chi connectivity index (χ3n) is 4.59. The molecule has 2 aliphatic rings. The number of carbonyl (C=O) groups is 2. The molecule has 0 radical (unpaired) electrons. The lowest BCUT2D eigenvalue weighted by molar-refractivity contribution is -0.123. The lowest BCUT2D eigenvalue weighted by Crippen LogP contribution is -2.26. The quantitative estimate of drug-likeness (QED) is 0.711. The molecule has 1 fully saturated rings. The molecule has 2 rings (SSSR count). The van der Waals surface area contributed by atoms with E-state index >= 15 is 0 Å². The molecule has 2 aliphatic carbocycles. The smallest absolute Gasteiger partial charge is 0.155 e. The molecule has 21 heavy (non-hydrogen) atoms. The predicted molar refractivity (Wildman–Crippen MR) is 88.3 cm³/mol. The number of Topliss-reactive ketones (excluding diaryl/α,β-unsaturated/α-hetero) is 1. The van der Waals surface area contributed by atoms with Crippen molar-refractivity contribution in [3.63, 3.8) is 0 Å². The van der Waals surface area contributed by atoms with Crippen LogP contribution < -0.4 is 0 Å². The Hall–Kier alpha value is -0.920. The topological polar surface area (TPSA) is 34.1 Å². The monoisotopic (exact) mass is 292 g/mol. The molecule has 0 aromatic heterocycles. The molecule has 2 heteroatoms. The van der Waals surface area contributed by atoms with Crippen molar-refractivity contribution < 1.29 is 9.59 Å². The molecule has 0 saturated heterocycles. The Morgan fingerprint density at radius 3 is 2.33 bits per heavy atom. The van der Waals surface area contributed by atoms with Crippen molar-refractivity contribution in [2.24, 2.45) is 11.3 Å². The zero-order valence-electron chi connectivity index (χ0n) is 14.3. The summed E-state index contributed by atoms with van der Waals surface area (Å²) in [5.74, 6) is 1.56. The molecule has 0 aromatic rings. The molecule has 2 nitrogen and oxygen atoms in total. The molecule has 0 N–H and O–H groups in total. The summed E-state index contributed by atoms with van der Waals surface area (Å²) in [6.45, 7) is 8.81. The van der Waals surface area contributed by atoms with Gasteiger partial charge in [-0.15, -0.1) is 0 Å². The number of ketones is 2. The minimum atomic E-state index is 0.300. The van der Waals surface area contributed by atoms with Gasteiger partial charge in [0, 0.05) is 19.3 Å². The summed E-state index contributed by atoms with van der Waals surface area (Å²) in [4.78, 5) is 21.9. The van der Waals surface area contributed by atoms with Gasteiger partial charge in [-0.05, 0) is 56.4 Å². The largest absolute Gasteiger partial charge is 0.300 e. The standard InChI is InChI=1S/C12H22O.C7H10O/c1-10(2)6-8-12(3)7-4-5-11(13)9-12;1-6-3-2-4-7(8)5-6/h10H,4-9H2,1-3H3;5H,2-4H2,1H3/t12-;/m0./s1. The fraction of sp³-hybridized carbons (Fsp3) is 0.789. The predicted octanol–water partition coefficient (Wildman–Crippen LogP) is 5.26. The van der Waals surface area contributed by atoms with Crippen LogP contribution in [0.3, 0.4) is 0 Å². The highest BCUT2D eigenvalue weighted by atomic mass is 16.1. The Morgan fingerprint density at radius 1 is 1.14 bits per heavy atom. The van der Waals surface area contributed by atoms with Gasteiger partial charge < -0.3 is 0 Å². The number of hydrogen-bond donors (Lipinski definition) is 0. The third-order valence-corrected chi connectivity index (χ3v) is 4.59. The van der Waals surface area contributed by atoms with Crippen molar-refractivity contribution in [1.82, 2.24) is 0 Å². The van der Waals surface area contributed by atoms with Gasteiger partial charge >= 0.3 is 0 Å². The molecule has 0 aliphatic heterocycles. The van der Waals surface area contributed by atoms with Crippen LogP contribution in [-0.4, -0.2) is 11.6 Å². The fourth-order valence-corrected chi connectivity index (χ4v) is 3.18. The van der Waals surface area contributed by atoms with Crippen molar-refractivity contribution in [2.75, 3.05) is 0 Å². The molecule has 1 saturated carbocycles. The van der Waals surface area contributed by atoms with Crippen LogP contribution in [0.2, 0.25) is 0 Å². The van der Waals surface area contributed by atoms with E-state index in [2.05, 4.69) is 20.8 Å². The highest BCUT2D eigenvalue weighted by Crippen LogP contribution is 2.38. The maximum Gasteiger partial charge on any atom is 0.155 e. The van der Waals surface area contributed by atoms with E-state index in [9.17, 15) is 9.59 Å². The second-order valence-corrected chi connectivity index (χ2v) is 7.62. The number of hydrogen-bond acceptors (Lipinski definition) is 2. The summed E-state index contributed by atoms with van der Waals surface area (Å²) in [5, 5.41) is 0. The maximum atomic E-state index is 11.3. The Morgan fingerprint density at radius 2 is 1.86 bits per heavy atom. The highest BCUT2D eigenvalue weighted by molar-refractivity contribution is 5.90. The van der Waals surface area contributed by atoms with Crippen molar-refractivity contribution in [1.29, 1.82) is 0 Å². The Bertz CT molecular complexity index is 392. The SMILES string of the molecule is CC(C)CC[C@]1(C)CCCC(=O)C1.CC1=CC(=O)CCC1. The van der Waals surface area contributed by atoms with Crippen molar-refractivity contribution in [3.05, 3.63) is 11.6 Å². The molecule has 0 spiro atoms. The Labute approximate surface area is 130 Å². The van der Waals surface area contributed by atoms with Gasteiger partial charge in [0.25, 0.3) is 0 Å². The number of allylic oxidation sites excluding steroid dienone is 2. The van der Waals surface area contributed by atoms with Crippen LogP contribution in [0.25, 0.3) is 0 Å². The first-order valence-electron chi connectivity index (χ1n) is 8.52. The first-order chi connectivity index (χ1) is 9.81. The molecular weight excluding hydrogens is 260 g/mol. The lowest BCUT2D eigenvalue weighted by Gasteiger charge is -2.33. The zero-order chi connectivity index (χ0) is 15.9. The maximum absolute atomic E-state index is 11.3. The van der Waals surface area contributed by atoms with E-state index in [0.29, 0.717) is 17.0 Å². The average Bonchev–Trinajstić information content (AvgIpc) is 2.37. The Kier molecular flexibility index (Phi) is 7.34. The van der Waals surface area contributed by atoms with E-state index in [1.54, 1.807) is 6.08 Å². The lowest BCUT2D eigenvalue weighted by atomic mass is 9.71.